The minimum atomic E-state index is -1.23. The molecular formula is C34H47ClN2O9. The Morgan fingerprint density at radius 3 is 2.57 bits per heavy atom. The van der Waals surface area contributed by atoms with Crippen LogP contribution >= 0.6 is 11.6 Å². The number of fused-ring (bicyclic) bond motifs is 5. The molecule has 3 heterocycles. The molecule has 0 unspecified atom stereocenters. The molecule has 7 atom stereocenters. The van der Waals surface area contributed by atoms with Gasteiger partial charge in [0.2, 0.25) is 5.91 Å². The first-order valence-electron chi connectivity index (χ1n) is 15.6. The Morgan fingerprint density at radius 1 is 1.22 bits per heavy atom. The molecule has 1 aromatic carbocycles. The van der Waals surface area contributed by atoms with Gasteiger partial charge in [-0.2, -0.15) is 0 Å². The summed E-state index contributed by atoms with van der Waals surface area (Å²) in [5.74, 6) is -0.622. The number of halogens is 1. The van der Waals surface area contributed by atoms with E-state index in [2.05, 4.69) is 5.32 Å². The van der Waals surface area contributed by atoms with E-state index >= 15 is 0 Å². The van der Waals surface area contributed by atoms with Gasteiger partial charge in [0, 0.05) is 40.0 Å². The first-order chi connectivity index (χ1) is 21.7. The SMILES string of the molecule is COc1cc2cc(c1Cl)N(C)C(=O)C[C@H](OC(=O)CC(C)C)[C@]1(C)O[C@H]1[C@H](C)[C@@H]1C[C@@](OC)(NC(=O)O1)[C@H](OC)C=CC=C(C)C2. The number of esters is 1. The highest BCUT2D eigenvalue weighted by atomic mass is 35.5. The number of anilines is 1. The number of hydrogen-bond donors (Lipinski definition) is 1. The van der Waals surface area contributed by atoms with Gasteiger partial charge in [-0.15, -0.1) is 0 Å². The molecule has 46 heavy (non-hydrogen) atoms. The van der Waals surface area contributed by atoms with Crippen LogP contribution in [0.2, 0.25) is 5.02 Å². The van der Waals surface area contributed by atoms with Crippen LogP contribution in [0.25, 0.3) is 0 Å². The minimum Gasteiger partial charge on any atom is -0.495 e. The number of alkyl carbamates (subject to hydrolysis) is 1. The Hall–Kier alpha value is -3.12. The Balaban J connectivity index is 1.81. The highest BCUT2D eigenvalue weighted by Gasteiger charge is 2.64. The molecule has 2 saturated heterocycles. The summed E-state index contributed by atoms with van der Waals surface area (Å²) in [5, 5.41) is 3.12. The van der Waals surface area contributed by atoms with Crippen LogP contribution in [0.15, 0.2) is 35.9 Å². The average molecular weight is 663 g/mol. The zero-order chi connectivity index (χ0) is 34.0. The van der Waals surface area contributed by atoms with E-state index < -0.39 is 47.8 Å². The quantitative estimate of drug-likeness (QED) is 0.316. The van der Waals surface area contributed by atoms with Crippen molar-refractivity contribution in [3.05, 3.63) is 46.5 Å². The smallest absolute Gasteiger partial charge is 0.409 e. The highest BCUT2D eigenvalue weighted by molar-refractivity contribution is 6.35. The van der Waals surface area contributed by atoms with E-state index in [1.165, 1.54) is 19.1 Å². The lowest BCUT2D eigenvalue weighted by Gasteiger charge is -2.44. The van der Waals surface area contributed by atoms with Gasteiger partial charge in [0.1, 0.15) is 34.7 Å². The molecule has 254 valence electrons. The second kappa shape index (κ2) is 14.3. The Bertz CT molecular complexity index is 1380. The van der Waals surface area contributed by atoms with Crippen LogP contribution in [-0.2, 0) is 39.7 Å². The van der Waals surface area contributed by atoms with Crippen molar-refractivity contribution >= 4 is 35.3 Å². The summed E-state index contributed by atoms with van der Waals surface area (Å²) in [5.41, 5.74) is 0.0942. The number of methoxy groups -OCH3 is 3. The predicted octanol–water partition coefficient (Wildman–Crippen LogP) is 5.37. The standard InChI is InChI=1S/C34H47ClN2O9/c1-19(2)13-29(39)45-27-17-28(38)37(6)23-15-22(16-24(41-7)30(23)35)14-20(3)11-10-12-26(42-8)34(43-9)18-25(44-32(40)36-34)21(4)31-33(27,5)46-31/h10-12,15-16,19,21,25-27,31H,13-14,17-18H2,1-9H3,(H,36,40)/t21-,25+,26-,27+,31+,33+,34+/m1/s1. The van der Waals surface area contributed by atoms with Crippen LogP contribution in [0.4, 0.5) is 10.5 Å². The van der Waals surface area contributed by atoms with E-state index in [0.717, 1.165) is 11.1 Å². The molecule has 1 aromatic rings. The summed E-state index contributed by atoms with van der Waals surface area (Å²) >= 11 is 6.72. The fraction of sp³-hybridized carbons (Fsp3) is 0.618. The number of ether oxygens (including phenoxy) is 6. The van der Waals surface area contributed by atoms with Crippen molar-refractivity contribution in [2.24, 2.45) is 11.8 Å². The minimum absolute atomic E-state index is 0.0578. The number of benzene rings is 1. The fourth-order valence-electron chi connectivity index (χ4n) is 6.38. The maximum absolute atomic E-state index is 13.9. The number of epoxide rings is 1. The zero-order valence-electron chi connectivity index (χ0n) is 28.2. The molecule has 0 saturated carbocycles. The van der Waals surface area contributed by atoms with Crippen LogP contribution < -0.4 is 15.0 Å². The van der Waals surface area contributed by atoms with Crippen molar-refractivity contribution in [3.63, 3.8) is 0 Å². The lowest BCUT2D eigenvalue weighted by atomic mass is 9.83. The molecule has 4 bridgehead atoms. The summed E-state index contributed by atoms with van der Waals surface area (Å²) in [4.78, 5) is 41.3. The van der Waals surface area contributed by atoms with E-state index in [4.69, 9.17) is 40.0 Å². The molecule has 0 aliphatic carbocycles. The van der Waals surface area contributed by atoms with Gasteiger partial charge in [0.25, 0.3) is 0 Å². The van der Waals surface area contributed by atoms with Gasteiger partial charge in [0.05, 0.1) is 25.3 Å². The first kappa shape index (κ1) is 35.7. The number of allylic oxidation sites excluding steroid dienone is 3. The summed E-state index contributed by atoms with van der Waals surface area (Å²) in [7, 11) is 6.22. The molecule has 11 nitrogen and oxygen atoms in total. The van der Waals surface area contributed by atoms with Crippen LogP contribution in [0, 0.1) is 11.8 Å². The van der Waals surface area contributed by atoms with Crippen molar-refractivity contribution in [3.8, 4) is 5.75 Å². The highest BCUT2D eigenvalue weighted by Crippen LogP contribution is 2.49. The maximum Gasteiger partial charge on any atom is 0.409 e. The summed E-state index contributed by atoms with van der Waals surface area (Å²) in [6.07, 6.45) is 3.09. The Morgan fingerprint density at radius 2 is 1.93 bits per heavy atom. The largest absolute Gasteiger partial charge is 0.495 e. The number of carbonyl (C=O) groups excluding carboxylic acids is 3. The van der Waals surface area contributed by atoms with Crippen molar-refractivity contribution in [2.75, 3.05) is 33.3 Å². The van der Waals surface area contributed by atoms with Crippen molar-refractivity contribution in [1.82, 2.24) is 5.32 Å². The van der Waals surface area contributed by atoms with Gasteiger partial charge in [-0.25, -0.2) is 4.79 Å². The van der Waals surface area contributed by atoms with Gasteiger partial charge in [-0.1, -0.05) is 56.2 Å². The van der Waals surface area contributed by atoms with E-state index in [-0.39, 0.29) is 42.0 Å². The van der Waals surface area contributed by atoms with Gasteiger partial charge < -0.3 is 33.3 Å². The maximum atomic E-state index is 13.9. The van der Waals surface area contributed by atoms with Crippen LogP contribution in [0.1, 0.15) is 59.4 Å². The Kier molecular flexibility index (Phi) is 11.1. The second-order valence-electron chi connectivity index (χ2n) is 13.0. The van der Waals surface area contributed by atoms with Gasteiger partial charge in [-0.3, -0.25) is 14.9 Å². The van der Waals surface area contributed by atoms with Crippen molar-refractivity contribution in [1.29, 1.82) is 0 Å². The molecule has 4 rings (SSSR count). The molecular weight excluding hydrogens is 616 g/mol. The summed E-state index contributed by atoms with van der Waals surface area (Å²) in [6.45, 7) is 9.54. The molecule has 0 aromatic heterocycles. The van der Waals surface area contributed by atoms with E-state index in [1.807, 2.05) is 65.0 Å². The normalized spacial score (nSPS) is 31.8. The van der Waals surface area contributed by atoms with Crippen LogP contribution in [0.5, 0.6) is 5.75 Å². The number of nitrogens with zero attached hydrogens (tertiary/aromatic N) is 1. The van der Waals surface area contributed by atoms with E-state index in [1.54, 1.807) is 14.2 Å². The third kappa shape index (κ3) is 7.54. The molecule has 3 aliphatic heterocycles. The second-order valence-corrected chi connectivity index (χ2v) is 13.4. The number of carbonyl (C=O) groups is 3. The fourth-order valence-corrected chi connectivity index (χ4v) is 6.69. The number of amides is 2. The molecule has 3 aliphatic rings. The molecule has 0 spiro atoms. The molecule has 0 radical (unpaired) electrons. The molecule has 1 N–H and O–H groups in total. The average Bonchev–Trinajstić information content (AvgIpc) is 3.70. The van der Waals surface area contributed by atoms with E-state index in [9.17, 15) is 14.4 Å². The Labute approximate surface area is 276 Å². The van der Waals surface area contributed by atoms with Gasteiger partial charge in [0.15, 0.2) is 5.72 Å². The van der Waals surface area contributed by atoms with Gasteiger partial charge >= 0.3 is 12.1 Å². The van der Waals surface area contributed by atoms with E-state index in [0.29, 0.717) is 17.9 Å². The predicted molar refractivity (Wildman–Crippen MR) is 173 cm³/mol. The summed E-state index contributed by atoms with van der Waals surface area (Å²) in [6, 6.07) is 3.69. The third-order valence-electron chi connectivity index (χ3n) is 9.14. The molecule has 12 heteroatoms. The number of rotatable bonds is 6. The van der Waals surface area contributed by atoms with Crippen LogP contribution in [-0.4, -0.2) is 82.1 Å². The van der Waals surface area contributed by atoms with Crippen LogP contribution in [0.3, 0.4) is 0 Å². The monoisotopic (exact) mass is 662 g/mol. The van der Waals surface area contributed by atoms with Gasteiger partial charge in [-0.05, 0) is 43.9 Å². The zero-order valence-corrected chi connectivity index (χ0v) is 28.9. The number of nitrogens with one attached hydrogen (secondary N) is 1. The number of hydrogen-bond acceptors (Lipinski definition) is 9. The lowest BCUT2D eigenvalue weighted by Crippen LogP contribution is -2.64. The van der Waals surface area contributed by atoms with Crippen molar-refractivity contribution < 1.29 is 42.8 Å². The third-order valence-corrected chi connectivity index (χ3v) is 9.52. The topological polar surface area (TPSA) is 125 Å². The summed E-state index contributed by atoms with van der Waals surface area (Å²) < 4.78 is 35.3. The van der Waals surface area contributed by atoms with Crippen molar-refractivity contribution in [2.45, 2.75) is 96.0 Å². The molecule has 2 amide bonds. The lowest BCUT2D eigenvalue weighted by molar-refractivity contribution is -0.161. The first-order valence-corrected chi connectivity index (χ1v) is 16.0. The molecule has 2 fully saturated rings.